The standard InChI is InChI=1S/C4H8F3NO2S/c5-4(6,7)3-11(9,10)2-1-8/h1-3,8H2. The average molecular weight is 191 g/mol. The molecule has 2 N–H and O–H groups in total. The number of halogens is 3. The highest BCUT2D eigenvalue weighted by Crippen LogP contribution is 2.17. The Bertz CT molecular complexity index is 208. The van der Waals surface area contributed by atoms with Gasteiger partial charge in [0.1, 0.15) is 5.75 Å². The molecule has 0 amide bonds. The lowest BCUT2D eigenvalue weighted by Gasteiger charge is -2.05. The van der Waals surface area contributed by atoms with E-state index in [1.807, 2.05) is 0 Å². The maximum Gasteiger partial charge on any atom is 0.402 e. The number of nitrogens with two attached hydrogens (primary N) is 1. The minimum atomic E-state index is -4.66. The highest BCUT2D eigenvalue weighted by Gasteiger charge is 2.34. The number of alkyl halides is 3. The summed E-state index contributed by atoms with van der Waals surface area (Å²) in [6.45, 7) is -0.279. The van der Waals surface area contributed by atoms with E-state index in [0.29, 0.717) is 0 Å². The van der Waals surface area contributed by atoms with Gasteiger partial charge in [-0.2, -0.15) is 13.2 Å². The van der Waals surface area contributed by atoms with Crippen molar-refractivity contribution in [2.24, 2.45) is 5.73 Å². The van der Waals surface area contributed by atoms with Gasteiger partial charge < -0.3 is 5.73 Å². The molecule has 0 saturated heterocycles. The van der Waals surface area contributed by atoms with Crippen molar-refractivity contribution in [3.8, 4) is 0 Å². The summed E-state index contributed by atoms with van der Waals surface area (Å²) in [6.07, 6.45) is -4.66. The molecule has 3 nitrogen and oxygen atoms in total. The Morgan fingerprint density at radius 2 is 1.73 bits per heavy atom. The van der Waals surface area contributed by atoms with Gasteiger partial charge in [-0.15, -0.1) is 0 Å². The van der Waals surface area contributed by atoms with Gasteiger partial charge >= 0.3 is 6.18 Å². The fourth-order valence-electron chi connectivity index (χ4n) is 0.501. The highest BCUT2D eigenvalue weighted by atomic mass is 32.2. The van der Waals surface area contributed by atoms with Crippen LogP contribution in [0.4, 0.5) is 13.2 Å². The van der Waals surface area contributed by atoms with Gasteiger partial charge in [0, 0.05) is 6.54 Å². The maximum absolute atomic E-state index is 11.5. The molecule has 0 fully saturated rings. The van der Waals surface area contributed by atoms with Gasteiger partial charge in [-0.25, -0.2) is 8.42 Å². The molecule has 0 aromatic carbocycles. The Kier molecular flexibility index (Phi) is 3.30. The Balaban J connectivity index is 4.15. The van der Waals surface area contributed by atoms with Crippen LogP contribution in [0.1, 0.15) is 0 Å². The van der Waals surface area contributed by atoms with Crippen molar-refractivity contribution in [2.45, 2.75) is 6.18 Å². The second-order valence-corrected chi connectivity index (χ2v) is 4.18. The lowest BCUT2D eigenvalue weighted by molar-refractivity contribution is -0.106. The van der Waals surface area contributed by atoms with Gasteiger partial charge in [-0.3, -0.25) is 0 Å². The molecule has 68 valence electrons. The molecule has 7 heteroatoms. The van der Waals surface area contributed by atoms with Crippen LogP contribution >= 0.6 is 0 Å². The van der Waals surface area contributed by atoms with Gasteiger partial charge in [0.05, 0.1) is 5.75 Å². The zero-order chi connectivity index (χ0) is 9.12. The van der Waals surface area contributed by atoms with Crippen molar-refractivity contribution in [3.63, 3.8) is 0 Å². The quantitative estimate of drug-likeness (QED) is 0.678. The van der Waals surface area contributed by atoms with E-state index in [-0.39, 0.29) is 6.54 Å². The predicted octanol–water partition coefficient (Wildman–Crippen LogP) is -0.0778. The van der Waals surface area contributed by atoms with Crippen LogP contribution in [-0.4, -0.2) is 32.6 Å². The van der Waals surface area contributed by atoms with E-state index in [1.165, 1.54) is 0 Å². The number of sulfone groups is 1. The average Bonchev–Trinajstić information content (AvgIpc) is 1.55. The topological polar surface area (TPSA) is 60.2 Å². The molecule has 0 aliphatic carbocycles. The predicted molar refractivity (Wildman–Crippen MR) is 33.8 cm³/mol. The van der Waals surface area contributed by atoms with Crippen LogP contribution in [0.15, 0.2) is 0 Å². The van der Waals surface area contributed by atoms with E-state index in [0.717, 1.165) is 0 Å². The maximum atomic E-state index is 11.5. The summed E-state index contributed by atoms with van der Waals surface area (Å²) in [7, 11) is -4.04. The third kappa shape index (κ3) is 6.11. The Morgan fingerprint density at radius 3 is 2.00 bits per heavy atom. The van der Waals surface area contributed by atoms with Crippen molar-refractivity contribution in [3.05, 3.63) is 0 Å². The summed E-state index contributed by atoms with van der Waals surface area (Å²) >= 11 is 0. The second kappa shape index (κ2) is 3.40. The minimum absolute atomic E-state index is 0.279. The molecule has 0 spiro atoms. The first-order valence-electron chi connectivity index (χ1n) is 2.74. The molecule has 0 bridgehead atoms. The molecular weight excluding hydrogens is 183 g/mol. The Labute approximate surface area is 62.3 Å². The Morgan fingerprint density at radius 1 is 1.27 bits per heavy atom. The molecule has 0 rings (SSSR count). The van der Waals surface area contributed by atoms with Gasteiger partial charge in [-0.05, 0) is 0 Å². The smallest absolute Gasteiger partial charge is 0.329 e. The van der Waals surface area contributed by atoms with Crippen molar-refractivity contribution in [1.82, 2.24) is 0 Å². The second-order valence-electron chi connectivity index (χ2n) is 2.00. The van der Waals surface area contributed by atoms with E-state index in [4.69, 9.17) is 5.73 Å². The van der Waals surface area contributed by atoms with Crippen molar-refractivity contribution >= 4 is 9.84 Å². The first kappa shape index (κ1) is 10.7. The molecule has 0 aromatic heterocycles. The summed E-state index contributed by atoms with van der Waals surface area (Å²) in [5.74, 6) is -2.40. The van der Waals surface area contributed by atoms with E-state index in [1.54, 1.807) is 0 Å². The number of hydrogen-bond donors (Lipinski definition) is 1. The lowest BCUT2D eigenvalue weighted by atomic mass is 10.8. The molecule has 0 unspecified atom stereocenters. The molecule has 0 aliphatic rings. The van der Waals surface area contributed by atoms with Crippen LogP contribution < -0.4 is 5.73 Å². The fourth-order valence-corrected chi connectivity index (χ4v) is 1.50. The third-order valence-corrected chi connectivity index (χ3v) is 2.44. The SMILES string of the molecule is NCCS(=O)(=O)CC(F)(F)F. The molecule has 0 aliphatic heterocycles. The molecule has 0 saturated carbocycles. The van der Waals surface area contributed by atoms with Crippen LogP contribution in [0.5, 0.6) is 0 Å². The van der Waals surface area contributed by atoms with Crippen LogP contribution in [0.25, 0.3) is 0 Å². The minimum Gasteiger partial charge on any atom is -0.329 e. The van der Waals surface area contributed by atoms with Crippen molar-refractivity contribution in [2.75, 3.05) is 18.1 Å². The van der Waals surface area contributed by atoms with E-state index in [2.05, 4.69) is 0 Å². The third-order valence-electron chi connectivity index (χ3n) is 0.812. The van der Waals surface area contributed by atoms with Crippen LogP contribution in [0.3, 0.4) is 0 Å². The first-order chi connectivity index (χ1) is 4.77. The van der Waals surface area contributed by atoms with Gasteiger partial charge in [0.25, 0.3) is 0 Å². The zero-order valence-electron chi connectivity index (χ0n) is 5.56. The molecule has 11 heavy (non-hydrogen) atoms. The summed E-state index contributed by atoms with van der Waals surface area (Å²) in [6, 6.07) is 0. The summed E-state index contributed by atoms with van der Waals surface area (Å²) < 4.78 is 55.3. The van der Waals surface area contributed by atoms with Gasteiger partial charge in [-0.1, -0.05) is 0 Å². The van der Waals surface area contributed by atoms with Crippen molar-refractivity contribution in [1.29, 1.82) is 0 Å². The summed E-state index contributed by atoms with van der Waals surface area (Å²) in [4.78, 5) is 0. The molecule has 0 radical (unpaired) electrons. The number of rotatable bonds is 3. The first-order valence-corrected chi connectivity index (χ1v) is 4.56. The molecule has 0 heterocycles. The summed E-state index contributed by atoms with van der Waals surface area (Å²) in [5.41, 5.74) is 4.79. The monoisotopic (exact) mass is 191 g/mol. The van der Waals surface area contributed by atoms with Crippen molar-refractivity contribution < 1.29 is 21.6 Å². The van der Waals surface area contributed by atoms with Crippen LogP contribution in [0, 0.1) is 0 Å². The summed E-state index contributed by atoms with van der Waals surface area (Å²) in [5, 5.41) is 0. The van der Waals surface area contributed by atoms with E-state index < -0.39 is 27.5 Å². The Hall–Kier alpha value is -0.300. The highest BCUT2D eigenvalue weighted by molar-refractivity contribution is 7.91. The van der Waals surface area contributed by atoms with Gasteiger partial charge in [0.15, 0.2) is 9.84 Å². The number of hydrogen-bond acceptors (Lipinski definition) is 3. The zero-order valence-corrected chi connectivity index (χ0v) is 6.37. The van der Waals surface area contributed by atoms with E-state index >= 15 is 0 Å². The largest absolute Gasteiger partial charge is 0.402 e. The molecule has 0 atom stereocenters. The normalized spacial score (nSPS) is 13.5. The fraction of sp³-hybridized carbons (Fsp3) is 1.00. The molecule has 0 aromatic rings. The van der Waals surface area contributed by atoms with E-state index in [9.17, 15) is 21.6 Å². The van der Waals surface area contributed by atoms with Gasteiger partial charge in [0.2, 0.25) is 0 Å². The molecular formula is C4H8F3NO2S. The van der Waals surface area contributed by atoms with Crippen LogP contribution in [-0.2, 0) is 9.84 Å². The lowest BCUT2D eigenvalue weighted by Crippen LogP contribution is -2.27. The van der Waals surface area contributed by atoms with Crippen LogP contribution in [0.2, 0.25) is 0 Å².